The van der Waals surface area contributed by atoms with Crippen molar-refractivity contribution in [3.05, 3.63) is 52.5 Å². The highest BCUT2D eigenvalue weighted by molar-refractivity contribution is 6.40. The molecule has 0 aliphatic carbocycles. The molecule has 1 heterocycles. The van der Waals surface area contributed by atoms with Crippen LogP contribution in [0.3, 0.4) is 0 Å². The van der Waals surface area contributed by atoms with E-state index < -0.39 is 11.9 Å². The number of hydrogen-bond donors (Lipinski definition) is 1. The molecule has 0 radical (unpaired) electrons. The van der Waals surface area contributed by atoms with Gasteiger partial charge in [-0.3, -0.25) is 4.79 Å². The second-order valence-corrected chi connectivity index (χ2v) is 7.01. The maximum Gasteiger partial charge on any atom is 0.335 e. The summed E-state index contributed by atoms with van der Waals surface area (Å²) in [7, 11) is 0. The molecule has 0 saturated carbocycles. The van der Waals surface area contributed by atoms with Gasteiger partial charge in [-0.05, 0) is 43.7 Å². The molecule has 2 aromatic carbocycles. The van der Waals surface area contributed by atoms with Crippen LogP contribution >= 0.6 is 34.8 Å². The number of carboxylic acid groups (broad SMARTS) is 1. The summed E-state index contributed by atoms with van der Waals surface area (Å²) in [4.78, 5) is 23.0. The van der Waals surface area contributed by atoms with E-state index in [0.29, 0.717) is 47.5 Å². The Hall–Kier alpha value is -2.15. The molecule has 1 atom stereocenters. The number of aromatic carboxylic acids is 1. The average Bonchev–Trinajstić information content (AvgIpc) is 2.69. The molecule has 0 spiro atoms. The van der Waals surface area contributed by atoms with Crippen LogP contribution in [0, 0.1) is 0 Å². The zero-order valence-corrected chi connectivity index (χ0v) is 17.8. The smallest absolute Gasteiger partial charge is 0.335 e. The second-order valence-electron chi connectivity index (χ2n) is 5.79. The molecule has 1 unspecified atom stereocenters. The Bertz CT molecular complexity index is 854. The minimum Gasteiger partial charge on any atom is -0.493 e. The third kappa shape index (κ3) is 6.16. The fourth-order valence-electron chi connectivity index (χ4n) is 2.75. The van der Waals surface area contributed by atoms with Crippen LogP contribution in [0.5, 0.6) is 17.2 Å². The lowest BCUT2D eigenvalue weighted by atomic mass is 9.93. The van der Waals surface area contributed by atoms with Crippen molar-refractivity contribution in [2.45, 2.75) is 19.3 Å². The molecule has 6 nitrogen and oxygen atoms in total. The topological polar surface area (TPSA) is 82.1 Å². The number of fused-ring (bicyclic) bond motifs is 1. The minimum absolute atomic E-state index is 0.162. The predicted octanol–water partition coefficient (Wildman–Crippen LogP) is 5.68. The molecule has 0 fully saturated rings. The summed E-state index contributed by atoms with van der Waals surface area (Å²) in [6.07, 6.45) is 0.527. The van der Waals surface area contributed by atoms with E-state index in [-0.39, 0.29) is 16.9 Å². The van der Waals surface area contributed by atoms with Gasteiger partial charge >= 0.3 is 11.9 Å². The Kier molecular flexibility index (Phi) is 8.89. The summed E-state index contributed by atoms with van der Waals surface area (Å²) in [5, 5.41) is 9.45. The fourth-order valence-corrected chi connectivity index (χ4v) is 2.96. The van der Waals surface area contributed by atoms with E-state index in [9.17, 15) is 9.59 Å². The zero-order valence-electron chi connectivity index (χ0n) is 15.5. The third-order valence-corrected chi connectivity index (χ3v) is 4.30. The SMILES string of the molecule is CCOC(=O)C1CCOc2cc(Oc3ccc(C(=O)O)cc3)c(Cl)cc21.ClCCl. The molecule has 1 N–H and O–H groups in total. The van der Waals surface area contributed by atoms with Crippen molar-refractivity contribution >= 4 is 46.7 Å². The first-order chi connectivity index (χ1) is 13.9. The van der Waals surface area contributed by atoms with Crippen LogP contribution in [0.15, 0.2) is 36.4 Å². The molecular formula is C20H19Cl3O6. The fraction of sp³-hybridized carbons (Fsp3) is 0.300. The number of benzene rings is 2. The van der Waals surface area contributed by atoms with Crippen molar-refractivity contribution in [1.82, 2.24) is 0 Å². The van der Waals surface area contributed by atoms with Gasteiger partial charge in [0.1, 0.15) is 17.2 Å². The molecule has 0 bridgehead atoms. The normalized spacial score (nSPS) is 14.6. The number of carbonyl (C=O) groups is 2. The molecule has 9 heteroatoms. The van der Waals surface area contributed by atoms with Crippen molar-refractivity contribution in [3.8, 4) is 17.2 Å². The zero-order chi connectivity index (χ0) is 21.4. The number of rotatable bonds is 5. The van der Waals surface area contributed by atoms with Crippen LogP contribution in [0.4, 0.5) is 0 Å². The van der Waals surface area contributed by atoms with Crippen LogP contribution in [0.25, 0.3) is 0 Å². The molecule has 0 aromatic heterocycles. The van der Waals surface area contributed by atoms with Gasteiger partial charge in [-0.1, -0.05) is 11.6 Å². The summed E-state index contributed by atoms with van der Waals surface area (Å²) < 4.78 is 16.5. The number of ether oxygens (including phenoxy) is 3. The Labute approximate surface area is 183 Å². The number of alkyl halides is 2. The quantitative estimate of drug-likeness (QED) is 0.455. The van der Waals surface area contributed by atoms with Gasteiger partial charge in [-0.25, -0.2) is 4.79 Å². The summed E-state index contributed by atoms with van der Waals surface area (Å²) in [6, 6.07) is 9.25. The van der Waals surface area contributed by atoms with E-state index in [1.54, 1.807) is 31.2 Å². The Morgan fingerprint density at radius 2 is 1.86 bits per heavy atom. The third-order valence-electron chi connectivity index (χ3n) is 4.00. The van der Waals surface area contributed by atoms with E-state index in [1.165, 1.54) is 12.1 Å². The standard InChI is InChI=1S/C19H17ClO6.CH2Cl2/c1-2-24-19(23)13-7-8-25-16-10-17(15(20)9-14(13)16)26-12-5-3-11(4-6-12)18(21)22;2-1-3/h3-6,9-10,13H,2,7-8H2,1H3,(H,21,22);1H2. The maximum absolute atomic E-state index is 12.1. The van der Waals surface area contributed by atoms with Gasteiger partial charge in [0.25, 0.3) is 0 Å². The molecule has 3 rings (SSSR count). The van der Waals surface area contributed by atoms with E-state index in [1.807, 2.05) is 0 Å². The highest BCUT2D eigenvalue weighted by atomic mass is 35.5. The van der Waals surface area contributed by atoms with Crippen LogP contribution in [0.1, 0.15) is 35.2 Å². The average molecular weight is 462 g/mol. The first kappa shape index (κ1) is 23.1. The summed E-state index contributed by atoms with van der Waals surface area (Å²) in [5.41, 5.74) is 0.836. The van der Waals surface area contributed by atoms with Crippen LogP contribution in [0.2, 0.25) is 5.02 Å². The summed E-state index contributed by atoms with van der Waals surface area (Å²) in [6.45, 7) is 2.47. The van der Waals surface area contributed by atoms with E-state index in [0.717, 1.165) is 0 Å². The lowest BCUT2D eigenvalue weighted by molar-refractivity contribution is -0.145. The Morgan fingerprint density at radius 3 is 2.45 bits per heavy atom. The Balaban J connectivity index is 0.000000941. The molecule has 29 heavy (non-hydrogen) atoms. The van der Waals surface area contributed by atoms with E-state index in [4.69, 9.17) is 54.1 Å². The number of carboxylic acids is 1. The van der Waals surface area contributed by atoms with Gasteiger partial charge in [-0.15, -0.1) is 23.2 Å². The van der Waals surface area contributed by atoms with Gasteiger partial charge in [0, 0.05) is 11.6 Å². The van der Waals surface area contributed by atoms with Gasteiger partial charge < -0.3 is 19.3 Å². The van der Waals surface area contributed by atoms with Gasteiger partial charge in [0.2, 0.25) is 0 Å². The lowest BCUT2D eigenvalue weighted by Gasteiger charge is -2.25. The van der Waals surface area contributed by atoms with Crippen molar-refractivity contribution in [3.63, 3.8) is 0 Å². The summed E-state index contributed by atoms with van der Waals surface area (Å²) in [5.74, 6) is -0.406. The second kappa shape index (κ2) is 11.1. The van der Waals surface area contributed by atoms with Crippen LogP contribution < -0.4 is 9.47 Å². The van der Waals surface area contributed by atoms with Crippen LogP contribution in [-0.2, 0) is 9.53 Å². The van der Waals surface area contributed by atoms with E-state index in [2.05, 4.69) is 0 Å². The molecule has 0 amide bonds. The van der Waals surface area contributed by atoms with Crippen molar-refractivity contribution in [2.75, 3.05) is 18.6 Å². The summed E-state index contributed by atoms with van der Waals surface area (Å²) >= 11 is 15.8. The monoisotopic (exact) mass is 460 g/mol. The molecule has 1 aliphatic heterocycles. The number of carbonyl (C=O) groups excluding carboxylic acids is 1. The van der Waals surface area contributed by atoms with Gasteiger partial charge in [0.15, 0.2) is 0 Å². The number of halogens is 3. The minimum atomic E-state index is -1.01. The van der Waals surface area contributed by atoms with E-state index >= 15 is 0 Å². The van der Waals surface area contributed by atoms with Gasteiger partial charge in [-0.2, -0.15) is 0 Å². The molecule has 2 aromatic rings. The number of esters is 1. The first-order valence-electron chi connectivity index (χ1n) is 8.67. The van der Waals surface area contributed by atoms with Crippen molar-refractivity contribution < 1.29 is 28.9 Å². The highest BCUT2D eigenvalue weighted by Crippen LogP contribution is 2.42. The molecule has 1 aliphatic rings. The highest BCUT2D eigenvalue weighted by Gasteiger charge is 2.30. The predicted molar refractivity (Wildman–Crippen MR) is 111 cm³/mol. The van der Waals surface area contributed by atoms with Crippen molar-refractivity contribution in [1.29, 1.82) is 0 Å². The van der Waals surface area contributed by atoms with Gasteiger partial charge in [0.05, 0.1) is 35.1 Å². The maximum atomic E-state index is 12.1. The Morgan fingerprint density at radius 1 is 1.21 bits per heavy atom. The molecular weight excluding hydrogens is 443 g/mol. The lowest BCUT2D eigenvalue weighted by Crippen LogP contribution is -2.23. The largest absolute Gasteiger partial charge is 0.493 e. The van der Waals surface area contributed by atoms with Crippen molar-refractivity contribution in [2.24, 2.45) is 0 Å². The first-order valence-corrected chi connectivity index (χ1v) is 10.1. The van der Waals surface area contributed by atoms with Crippen LogP contribution in [-0.4, -0.2) is 35.6 Å². The molecule has 156 valence electrons. The number of hydrogen-bond acceptors (Lipinski definition) is 5. The molecule has 0 saturated heterocycles.